The molecule has 0 amide bonds. The van der Waals surface area contributed by atoms with Crippen molar-refractivity contribution in [1.82, 2.24) is 0 Å². The molecule has 4 nitrogen and oxygen atoms in total. The first-order chi connectivity index (χ1) is 11.9. The average Bonchev–Trinajstić information content (AvgIpc) is 3.11. The lowest BCUT2D eigenvalue weighted by atomic mass is 9.79. The molecule has 2 heterocycles. The summed E-state index contributed by atoms with van der Waals surface area (Å²) < 4.78 is 23.6. The number of rotatable bonds is 3. The summed E-state index contributed by atoms with van der Waals surface area (Å²) in [7, 11) is -0.364. The van der Waals surface area contributed by atoms with Gasteiger partial charge in [-0.1, -0.05) is 18.2 Å². The van der Waals surface area contributed by atoms with Crippen LogP contribution in [0.5, 0.6) is 11.5 Å². The molecule has 0 spiro atoms. The Bertz CT molecular complexity index is 879. The topological polar surface area (TPSA) is 40.8 Å². The Morgan fingerprint density at radius 1 is 0.840 bits per heavy atom. The fourth-order valence-electron chi connectivity index (χ4n) is 2.85. The van der Waals surface area contributed by atoms with E-state index >= 15 is 0 Å². The molecule has 128 valence electrons. The van der Waals surface area contributed by atoms with E-state index in [4.69, 9.17) is 18.5 Å². The second kappa shape index (κ2) is 5.65. The van der Waals surface area contributed by atoms with Gasteiger partial charge in [0.05, 0.1) is 22.9 Å². The standard InChI is InChI=1S/C20H21BO4/c1-19(2)20(3,4)25-21(24-19)14-8-10-15(11-9-14)23-18-7-5-6-17-16(18)12-13-22-17/h5-13H,1-4H3. The molecule has 1 aliphatic heterocycles. The molecule has 1 aromatic heterocycles. The van der Waals surface area contributed by atoms with Gasteiger partial charge in [0.1, 0.15) is 17.1 Å². The van der Waals surface area contributed by atoms with Gasteiger partial charge in [0, 0.05) is 0 Å². The molecule has 2 aromatic carbocycles. The van der Waals surface area contributed by atoms with Crippen LogP contribution in [0, 0.1) is 0 Å². The summed E-state index contributed by atoms with van der Waals surface area (Å²) in [5.74, 6) is 1.53. The maximum atomic E-state index is 6.08. The van der Waals surface area contributed by atoms with E-state index in [1.807, 2.05) is 48.5 Å². The van der Waals surface area contributed by atoms with Gasteiger partial charge >= 0.3 is 7.12 Å². The van der Waals surface area contributed by atoms with E-state index in [0.29, 0.717) is 0 Å². The highest BCUT2D eigenvalue weighted by atomic mass is 16.7. The second-order valence-electron chi connectivity index (χ2n) is 7.35. The number of hydrogen-bond donors (Lipinski definition) is 0. The molecule has 0 unspecified atom stereocenters. The van der Waals surface area contributed by atoms with Crippen molar-refractivity contribution in [3.8, 4) is 11.5 Å². The Labute approximate surface area is 147 Å². The summed E-state index contributed by atoms with van der Waals surface area (Å²) in [6.45, 7) is 8.21. The van der Waals surface area contributed by atoms with Crippen molar-refractivity contribution < 1.29 is 18.5 Å². The van der Waals surface area contributed by atoms with Crippen LogP contribution in [0.25, 0.3) is 11.0 Å². The maximum absolute atomic E-state index is 6.08. The first-order valence-electron chi connectivity index (χ1n) is 8.45. The van der Waals surface area contributed by atoms with E-state index in [9.17, 15) is 0 Å². The molecule has 0 N–H and O–H groups in total. The summed E-state index contributed by atoms with van der Waals surface area (Å²) in [6.07, 6.45) is 1.67. The molecule has 0 aliphatic carbocycles. The third-order valence-corrected chi connectivity index (χ3v) is 5.09. The third kappa shape index (κ3) is 2.83. The minimum absolute atomic E-state index is 0.343. The number of fused-ring (bicyclic) bond motifs is 1. The van der Waals surface area contributed by atoms with Crippen LogP contribution >= 0.6 is 0 Å². The first-order valence-corrected chi connectivity index (χ1v) is 8.45. The van der Waals surface area contributed by atoms with Crippen molar-refractivity contribution in [2.75, 3.05) is 0 Å². The predicted molar refractivity (Wildman–Crippen MR) is 98.4 cm³/mol. The van der Waals surface area contributed by atoms with E-state index < -0.39 is 0 Å². The minimum Gasteiger partial charge on any atom is -0.464 e. The molecule has 4 rings (SSSR count). The van der Waals surface area contributed by atoms with Gasteiger partial charge in [-0.15, -0.1) is 0 Å². The number of ether oxygens (including phenoxy) is 1. The normalized spacial score (nSPS) is 18.6. The van der Waals surface area contributed by atoms with Crippen molar-refractivity contribution in [3.63, 3.8) is 0 Å². The van der Waals surface area contributed by atoms with Crippen LogP contribution < -0.4 is 10.2 Å². The van der Waals surface area contributed by atoms with Gasteiger partial charge in [-0.2, -0.15) is 0 Å². The van der Waals surface area contributed by atoms with Crippen LogP contribution in [0.1, 0.15) is 27.7 Å². The Morgan fingerprint density at radius 2 is 1.52 bits per heavy atom. The molecule has 1 saturated heterocycles. The predicted octanol–water partition coefficient (Wildman–Crippen LogP) is 4.52. The largest absolute Gasteiger partial charge is 0.494 e. The molecule has 5 heteroatoms. The van der Waals surface area contributed by atoms with Crippen LogP contribution in [0.4, 0.5) is 0 Å². The van der Waals surface area contributed by atoms with Gasteiger partial charge in [0.15, 0.2) is 0 Å². The Hall–Kier alpha value is -2.24. The zero-order valence-electron chi connectivity index (χ0n) is 14.9. The van der Waals surface area contributed by atoms with Gasteiger partial charge in [-0.25, -0.2) is 0 Å². The average molecular weight is 336 g/mol. The Kier molecular flexibility index (Phi) is 3.67. The van der Waals surface area contributed by atoms with Crippen LogP contribution in [-0.4, -0.2) is 18.3 Å². The van der Waals surface area contributed by atoms with Gasteiger partial charge in [0.25, 0.3) is 0 Å². The summed E-state index contributed by atoms with van der Waals surface area (Å²) >= 11 is 0. The van der Waals surface area contributed by atoms with Gasteiger partial charge in [-0.3, -0.25) is 0 Å². The Balaban J connectivity index is 1.54. The lowest BCUT2D eigenvalue weighted by Crippen LogP contribution is -2.41. The van der Waals surface area contributed by atoms with Crippen molar-refractivity contribution >= 4 is 23.6 Å². The number of hydrogen-bond acceptors (Lipinski definition) is 4. The summed E-state index contributed by atoms with van der Waals surface area (Å²) in [6, 6.07) is 15.5. The molecule has 3 aromatic rings. The monoisotopic (exact) mass is 336 g/mol. The van der Waals surface area contributed by atoms with Crippen molar-refractivity contribution in [3.05, 3.63) is 54.8 Å². The molecule has 0 atom stereocenters. The molecule has 1 fully saturated rings. The third-order valence-electron chi connectivity index (χ3n) is 5.09. The van der Waals surface area contributed by atoms with Gasteiger partial charge < -0.3 is 18.5 Å². The molecule has 0 saturated carbocycles. The summed E-state index contributed by atoms with van der Waals surface area (Å²) in [5.41, 5.74) is 1.10. The molecular weight excluding hydrogens is 315 g/mol. The van der Waals surface area contributed by atoms with E-state index in [1.165, 1.54) is 0 Å². The highest BCUT2D eigenvalue weighted by molar-refractivity contribution is 6.62. The smallest absolute Gasteiger partial charge is 0.464 e. The van der Waals surface area contributed by atoms with Crippen molar-refractivity contribution in [2.45, 2.75) is 38.9 Å². The molecule has 0 radical (unpaired) electrons. The minimum atomic E-state index is -0.364. The number of benzene rings is 2. The number of furan rings is 1. The lowest BCUT2D eigenvalue weighted by Gasteiger charge is -2.32. The van der Waals surface area contributed by atoms with Crippen LogP contribution in [0.3, 0.4) is 0 Å². The Morgan fingerprint density at radius 3 is 2.20 bits per heavy atom. The van der Waals surface area contributed by atoms with Gasteiger partial charge in [-0.05, 0) is 63.5 Å². The lowest BCUT2D eigenvalue weighted by molar-refractivity contribution is 0.00578. The van der Waals surface area contributed by atoms with E-state index in [2.05, 4.69) is 27.7 Å². The molecular formula is C20H21BO4. The second-order valence-corrected chi connectivity index (χ2v) is 7.35. The van der Waals surface area contributed by atoms with Gasteiger partial charge in [0.2, 0.25) is 0 Å². The molecule has 25 heavy (non-hydrogen) atoms. The molecule has 0 bridgehead atoms. The fourth-order valence-corrected chi connectivity index (χ4v) is 2.85. The van der Waals surface area contributed by atoms with Crippen LogP contribution in [-0.2, 0) is 9.31 Å². The first kappa shape index (κ1) is 16.2. The summed E-state index contributed by atoms with van der Waals surface area (Å²) in [5, 5.41) is 0.956. The van der Waals surface area contributed by atoms with E-state index in [0.717, 1.165) is 27.9 Å². The fraction of sp³-hybridized carbons (Fsp3) is 0.300. The van der Waals surface area contributed by atoms with Crippen molar-refractivity contribution in [1.29, 1.82) is 0 Å². The summed E-state index contributed by atoms with van der Waals surface area (Å²) in [4.78, 5) is 0. The van der Waals surface area contributed by atoms with Crippen molar-refractivity contribution in [2.24, 2.45) is 0 Å². The zero-order valence-corrected chi connectivity index (χ0v) is 14.9. The molecule has 1 aliphatic rings. The quantitative estimate of drug-likeness (QED) is 0.659. The zero-order chi connectivity index (χ0) is 17.7. The highest BCUT2D eigenvalue weighted by Crippen LogP contribution is 2.36. The highest BCUT2D eigenvalue weighted by Gasteiger charge is 2.51. The van der Waals surface area contributed by atoms with Crippen LogP contribution in [0.15, 0.2) is 59.2 Å². The van der Waals surface area contributed by atoms with E-state index in [1.54, 1.807) is 6.26 Å². The van der Waals surface area contributed by atoms with E-state index in [-0.39, 0.29) is 18.3 Å². The van der Waals surface area contributed by atoms with Crippen LogP contribution in [0.2, 0.25) is 0 Å². The SMILES string of the molecule is CC1(C)OB(c2ccc(Oc3cccc4occc34)cc2)OC1(C)C. The maximum Gasteiger partial charge on any atom is 0.494 e.